The summed E-state index contributed by atoms with van der Waals surface area (Å²) in [6, 6.07) is 14.6. The fourth-order valence-corrected chi connectivity index (χ4v) is 5.93. The number of fused-ring (bicyclic) bond motifs is 1. The van der Waals surface area contributed by atoms with Gasteiger partial charge in [0.05, 0.1) is 28.8 Å². The molecule has 1 atom stereocenters. The number of carbonyl (C=O) groups excluding carboxylic acids is 1. The van der Waals surface area contributed by atoms with Crippen molar-refractivity contribution in [2.45, 2.75) is 20.4 Å². The van der Waals surface area contributed by atoms with Crippen molar-refractivity contribution in [3.63, 3.8) is 0 Å². The zero-order chi connectivity index (χ0) is 24.7. The van der Waals surface area contributed by atoms with Crippen molar-refractivity contribution < 1.29 is 13.9 Å². The molecule has 2 aromatic carbocycles. The first-order chi connectivity index (χ1) is 16.4. The smallest absolute Gasteiger partial charge is 0.263 e. The summed E-state index contributed by atoms with van der Waals surface area (Å²) in [5, 5.41) is 21.0. The summed E-state index contributed by atoms with van der Waals surface area (Å²) in [6.07, 6.45) is 4.08. The summed E-state index contributed by atoms with van der Waals surface area (Å²) in [5.41, 5.74) is 4.28. The van der Waals surface area contributed by atoms with Gasteiger partial charge >= 0.3 is 0 Å². The molecule has 1 unspecified atom stereocenters. The van der Waals surface area contributed by atoms with Crippen LogP contribution in [0.15, 0.2) is 54.9 Å². The summed E-state index contributed by atoms with van der Waals surface area (Å²) < 4.78 is 19.3. The van der Waals surface area contributed by atoms with Crippen LogP contribution < -0.4 is 15.9 Å². The molecule has 0 aliphatic heterocycles. The molecule has 34 heavy (non-hydrogen) atoms. The molecule has 0 aliphatic carbocycles. The SMILES string of the molecule is CNCc1ccnnc1.COP(=O)(c1cc(C)cc(C#N)c1)c1c(C=O)[nH]c2ccc(C)cc12. The fourth-order valence-electron chi connectivity index (χ4n) is 3.66. The molecule has 0 saturated heterocycles. The number of aldehydes is 1. The molecule has 0 fully saturated rings. The topological polar surface area (TPSA) is 121 Å². The second-order valence-corrected chi connectivity index (χ2v) is 10.2. The second kappa shape index (κ2) is 11.0. The third-order valence-electron chi connectivity index (χ3n) is 5.18. The Balaban J connectivity index is 0.000000302. The number of nitriles is 1. The number of aromatic nitrogens is 3. The Labute approximate surface area is 198 Å². The lowest BCUT2D eigenvalue weighted by atomic mass is 10.2. The first kappa shape index (κ1) is 25.0. The van der Waals surface area contributed by atoms with Gasteiger partial charge in [-0.05, 0) is 68.4 Å². The molecular formula is C25H26N5O3P. The van der Waals surface area contributed by atoms with E-state index in [0.29, 0.717) is 33.4 Å². The summed E-state index contributed by atoms with van der Waals surface area (Å²) in [4.78, 5) is 14.6. The lowest BCUT2D eigenvalue weighted by molar-refractivity contribution is 0.112. The monoisotopic (exact) mass is 475 g/mol. The molecule has 0 radical (unpaired) electrons. The Bertz CT molecular complexity index is 1390. The molecule has 4 aromatic rings. The largest absolute Gasteiger partial charge is 0.352 e. The number of hydrogen-bond acceptors (Lipinski definition) is 7. The van der Waals surface area contributed by atoms with E-state index in [0.717, 1.165) is 23.2 Å². The predicted molar refractivity (Wildman–Crippen MR) is 133 cm³/mol. The van der Waals surface area contributed by atoms with Crippen LogP contribution in [0.2, 0.25) is 0 Å². The predicted octanol–water partition coefficient (Wildman–Crippen LogP) is 3.54. The van der Waals surface area contributed by atoms with Crippen molar-refractivity contribution in [3.8, 4) is 6.07 Å². The highest BCUT2D eigenvalue weighted by atomic mass is 31.2. The highest BCUT2D eigenvalue weighted by molar-refractivity contribution is 7.75. The van der Waals surface area contributed by atoms with Crippen LogP contribution in [0.5, 0.6) is 0 Å². The van der Waals surface area contributed by atoms with Crippen molar-refractivity contribution in [1.82, 2.24) is 20.5 Å². The van der Waals surface area contributed by atoms with E-state index in [-0.39, 0.29) is 5.69 Å². The lowest BCUT2D eigenvalue weighted by Gasteiger charge is -2.18. The minimum Gasteiger partial charge on any atom is -0.352 e. The van der Waals surface area contributed by atoms with Crippen LogP contribution in [-0.2, 0) is 15.6 Å². The highest BCUT2D eigenvalue weighted by Crippen LogP contribution is 2.47. The van der Waals surface area contributed by atoms with Crippen LogP contribution in [0.25, 0.3) is 10.9 Å². The number of benzene rings is 2. The Kier molecular flexibility index (Phi) is 8.08. The van der Waals surface area contributed by atoms with Gasteiger partial charge < -0.3 is 14.8 Å². The third-order valence-corrected chi connectivity index (χ3v) is 7.70. The van der Waals surface area contributed by atoms with Crippen LogP contribution in [0, 0.1) is 25.2 Å². The minimum atomic E-state index is -3.56. The number of carbonyl (C=O) groups is 1. The van der Waals surface area contributed by atoms with Gasteiger partial charge in [-0.3, -0.25) is 9.36 Å². The number of nitrogens with one attached hydrogen (secondary N) is 2. The first-order valence-electron chi connectivity index (χ1n) is 10.5. The maximum Gasteiger partial charge on any atom is 0.263 e. The quantitative estimate of drug-likeness (QED) is 0.323. The van der Waals surface area contributed by atoms with Crippen LogP contribution in [-0.4, -0.2) is 35.6 Å². The van der Waals surface area contributed by atoms with E-state index >= 15 is 0 Å². The van der Waals surface area contributed by atoms with Gasteiger partial charge in [0.2, 0.25) is 0 Å². The van der Waals surface area contributed by atoms with E-state index in [9.17, 15) is 14.6 Å². The zero-order valence-electron chi connectivity index (χ0n) is 19.5. The number of nitrogens with zero attached hydrogens (tertiary/aromatic N) is 3. The van der Waals surface area contributed by atoms with Crippen LogP contribution in [0.1, 0.15) is 32.7 Å². The fraction of sp³-hybridized carbons (Fsp3) is 0.200. The lowest BCUT2D eigenvalue weighted by Crippen LogP contribution is -2.20. The molecule has 2 N–H and O–H groups in total. The van der Waals surface area contributed by atoms with E-state index in [1.54, 1.807) is 30.6 Å². The number of aromatic amines is 1. The van der Waals surface area contributed by atoms with Gasteiger partial charge in [0.1, 0.15) is 0 Å². The highest BCUT2D eigenvalue weighted by Gasteiger charge is 2.34. The Morgan fingerprint density at radius 3 is 2.56 bits per heavy atom. The Morgan fingerprint density at radius 2 is 1.94 bits per heavy atom. The molecule has 0 bridgehead atoms. The van der Waals surface area contributed by atoms with Crippen molar-refractivity contribution in [2.75, 3.05) is 14.2 Å². The maximum atomic E-state index is 13.9. The Hall–Kier alpha value is -3.63. The number of H-pyrrole nitrogens is 1. The minimum absolute atomic E-state index is 0.228. The molecule has 4 rings (SSSR count). The summed E-state index contributed by atoms with van der Waals surface area (Å²) in [5.74, 6) is 0. The Morgan fingerprint density at radius 1 is 1.15 bits per heavy atom. The van der Waals surface area contributed by atoms with Crippen LogP contribution in [0.4, 0.5) is 0 Å². The van der Waals surface area contributed by atoms with Gasteiger partial charge in [0.15, 0.2) is 6.29 Å². The molecule has 0 aliphatic rings. The van der Waals surface area contributed by atoms with E-state index < -0.39 is 7.37 Å². The van der Waals surface area contributed by atoms with Crippen molar-refractivity contribution in [1.29, 1.82) is 5.26 Å². The molecule has 0 saturated carbocycles. The van der Waals surface area contributed by atoms with Gasteiger partial charge in [-0.25, -0.2) is 0 Å². The number of aryl methyl sites for hydroxylation is 2. The number of hydrogen-bond donors (Lipinski definition) is 2. The van der Waals surface area contributed by atoms with Gasteiger partial charge in [-0.1, -0.05) is 11.6 Å². The van der Waals surface area contributed by atoms with E-state index in [1.165, 1.54) is 7.11 Å². The summed E-state index contributed by atoms with van der Waals surface area (Å²) in [6.45, 7) is 4.61. The molecule has 2 aromatic heterocycles. The van der Waals surface area contributed by atoms with Crippen molar-refractivity contribution in [3.05, 3.63) is 82.8 Å². The molecular weight excluding hydrogens is 449 g/mol. The van der Waals surface area contributed by atoms with Crippen molar-refractivity contribution in [2.24, 2.45) is 0 Å². The van der Waals surface area contributed by atoms with E-state index in [1.807, 2.05) is 45.2 Å². The molecule has 0 spiro atoms. The summed E-state index contributed by atoms with van der Waals surface area (Å²) in [7, 11) is -0.295. The molecule has 174 valence electrons. The average Bonchev–Trinajstić information content (AvgIpc) is 3.22. The van der Waals surface area contributed by atoms with Crippen LogP contribution in [0.3, 0.4) is 0 Å². The standard InChI is InChI=1S/C19H17N2O3P.C6H9N3/c1-12-4-5-17-16(8-12)19(18(11-22)21-17)25(23,24-3)15-7-13(2)6-14(9-15)10-20;1-7-4-6-2-3-8-9-5-6/h4-9,11,21H,1-3H3;2-3,5,7H,4H2,1H3. The third kappa shape index (κ3) is 5.29. The van der Waals surface area contributed by atoms with Gasteiger partial charge in [0, 0.05) is 36.1 Å². The number of rotatable bonds is 6. The maximum absolute atomic E-state index is 13.9. The van der Waals surface area contributed by atoms with Gasteiger partial charge in [-0.2, -0.15) is 15.5 Å². The normalized spacial score (nSPS) is 12.3. The molecule has 8 nitrogen and oxygen atoms in total. The molecule has 9 heteroatoms. The molecule has 2 heterocycles. The van der Waals surface area contributed by atoms with Gasteiger partial charge in [0.25, 0.3) is 7.37 Å². The average molecular weight is 475 g/mol. The first-order valence-corrected chi connectivity index (χ1v) is 12.1. The molecule has 0 amide bonds. The van der Waals surface area contributed by atoms with Gasteiger partial charge in [-0.15, -0.1) is 0 Å². The van der Waals surface area contributed by atoms with E-state index in [2.05, 4.69) is 26.6 Å². The summed E-state index contributed by atoms with van der Waals surface area (Å²) >= 11 is 0. The van der Waals surface area contributed by atoms with Crippen molar-refractivity contribution >= 4 is 35.2 Å². The van der Waals surface area contributed by atoms with Crippen LogP contribution >= 0.6 is 7.37 Å². The van der Waals surface area contributed by atoms with E-state index in [4.69, 9.17) is 4.52 Å². The zero-order valence-corrected chi connectivity index (χ0v) is 20.4. The second-order valence-electron chi connectivity index (χ2n) is 7.74.